The molecular weight excluding hydrogens is 204 g/mol. The van der Waals surface area contributed by atoms with E-state index in [2.05, 4.69) is 0 Å². The summed E-state index contributed by atoms with van der Waals surface area (Å²) in [6, 6.07) is 11.7. The number of rotatable bonds is 2. The molecule has 0 saturated heterocycles. The standard InChI is InChI=1S/C10H7ClOS/c11-9-6-7-12-10(9)13-8-4-2-1-3-5-8/h1-7H. The molecule has 0 N–H and O–H groups in total. The lowest BCUT2D eigenvalue weighted by Crippen LogP contribution is -1.68. The van der Waals surface area contributed by atoms with E-state index in [1.165, 1.54) is 11.8 Å². The van der Waals surface area contributed by atoms with Crippen molar-refractivity contribution < 1.29 is 4.42 Å². The van der Waals surface area contributed by atoms with Crippen molar-refractivity contribution in [2.75, 3.05) is 0 Å². The molecule has 13 heavy (non-hydrogen) atoms. The monoisotopic (exact) mass is 210 g/mol. The third-order valence-electron chi connectivity index (χ3n) is 1.54. The molecule has 0 spiro atoms. The Morgan fingerprint density at radius 3 is 2.46 bits per heavy atom. The highest BCUT2D eigenvalue weighted by Gasteiger charge is 2.04. The van der Waals surface area contributed by atoms with Crippen LogP contribution in [0.25, 0.3) is 0 Å². The first-order chi connectivity index (χ1) is 6.36. The van der Waals surface area contributed by atoms with E-state index in [1.807, 2.05) is 30.3 Å². The van der Waals surface area contributed by atoms with Gasteiger partial charge in [-0.15, -0.1) is 0 Å². The molecule has 0 atom stereocenters. The second-order valence-corrected chi connectivity index (χ2v) is 3.92. The SMILES string of the molecule is Clc1ccoc1Sc1ccccc1. The van der Waals surface area contributed by atoms with E-state index in [-0.39, 0.29) is 0 Å². The van der Waals surface area contributed by atoms with Crippen LogP contribution in [-0.2, 0) is 0 Å². The molecule has 1 nitrogen and oxygen atoms in total. The zero-order valence-electron chi connectivity index (χ0n) is 6.74. The number of halogens is 1. The van der Waals surface area contributed by atoms with Crippen molar-refractivity contribution in [3.8, 4) is 0 Å². The summed E-state index contributed by atoms with van der Waals surface area (Å²) in [6.45, 7) is 0. The van der Waals surface area contributed by atoms with Crippen molar-refractivity contribution in [1.29, 1.82) is 0 Å². The molecule has 2 rings (SSSR count). The lowest BCUT2D eigenvalue weighted by atomic mass is 10.4. The maximum absolute atomic E-state index is 5.88. The smallest absolute Gasteiger partial charge is 0.183 e. The first kappa shape index (κ1) is 8.73. The van der Waals surface area contributed by atoms with Gasteiger partial charge < -0.3 is 4.42 Å². The summed E-state index contributed by atoms with van der Waals surface area (Å²) < 4.78 is 5.20. The van der Waals surface area contributed by atoms with Gasteiger partial charge in [0.15, 0.2) is 5.09 Å². The van der Waals surface area contributed by atoms with Crippen LogP contribution in [0.2, 0.25) is 5.02 Å². The van der Waals surface area contributed by atoms with Gasteiger partial charge in [-0.25, -0.2) is 0 Å². The molecule has 0 saturated carbocycles. The van der Waals surface area contributed by atoms with E-state index in [9.17, 15) is 0 Å². The molecule has 0 fully saturated rings. The van der Waals surface area contributed by atoms with E-state index in [4.69, 9.17) is 16.0 Å². The van der Waals surface area contributed by atoms with Crippen LogP contribution < -0.4 is 0 Å². The van der Waals surface area contributed by atoms with E-state index in [0.717, 1.165) is 9.99 Å². The molecular formula is C10H7ClOS. The van der Waals surface area contributed by atoms with Gasteiger partial charge in [0.05, 0.1) is 11.3 Å². The van der Waals surface area contributed by atoms with Crippen LogP contribution in [0.1, 0.15) is 0 Å². The average molecular weight is 211 g/mol. The first-order valence-electron chi connectivity index (χ1n) is 3.82. The summed E-state index contributed by atoms with van der Waals surface area (Å²) in [5.41, 5.74) is 0. The molecule has 0 unspecified atom stereocenters. The third kappa shape index (κ3) is 2.08. The predicted molar refractivity (Wildman–Crippen MR) is 54.3 cm³/mol. The molecule has 0 radical (unpaired) electrons. The van der Waals surface area contributed by atoms with Gasteiger partial charge in [0.2, 0.25) is 0 Å². The second kappa shape index (κ2) is 3.90. The topological polar surface area (TPSA) is 13.1 Å². The Bertz CT molecular complexity index is 383. The number of furan rings is 1. The maximum Gasteiger partial charge on any atom is 0.183 e. The summed E-state index contributed by atoms with van der Waals surface area (Å²) >= 11 is 7.40. The van der Waals surface area contributed by atoms with Gasteiger partial charge in [-0.05, 0) is 18.2 Å². The molecule has 1 aromatic heterocycles. The molecule has 66 valence electrons. The number of hydrogen-bond donors (Lipinski definition) is 0. The van der Waals surface area contributed by atoms with Gasteiger partial charge in [-0.2, -0.15) is 0 Å². The van der Waals surface area contributed by atoms with Crippen LogP contribution in [0.15, 0.2) is 57.1 Å². The Hall–Kier alpha value is -0.860. The third-order valence-corrected chi connectivity index (χ3v) is 2.96. The van der Waals surface area contributed by atoms with Gasteiger partial charge in [0.1, 0.15) is 0 Å². The summed E-state index contributed by atoms with van der Waals surface area (Å²) in [5.74, 6) is 0. The fraction of sp³-hybridized carbons (Fsp3) is 0. The van der Waals surface area contributed by atoms with Gasteiger partial charge >= 0.3 is 0 Å². The fourth-order valence-corrected chi connectivity index (χ4v) is 1.94. The minimum atomic E-state index is 0.661. The highest BCUT2D eigenvalue weighted by molar-refractivity contribution is 7.99. The molecule has 1 heterocycles. The van der Waals surface area contributed by atoms with E-state index in [1.54, 1.807) is 12.3 Å². The Morgan fingerprint density at radius 1 is 1.08 bits per heavy atom. The molecule has 0 amide bonds. The second-order valence-electron chi connectivity index (χ2n) is 2.47. The van der Waals surface area contributed by atoms with Gasteiger partial charge in [-0.3, -0.25) is 0 Å². The Balaban J connectivity index is 2.20. The van der Waals surface area contributed by atoms with Crippen LogP contribution in [0, 0.1) is 0 Å². The van der Waals surface area contributed by atoms with Crippen LogP contribution in [0.4, 0.5) is 0 Å². The zero-order valence-corrected chi connectivity index (χ0v) is 8.31. The van der Waals surface area contributed by atoms with E-state index in [0.29, 0.717) is 5.02 Å². The Morgan fingerprint density at radius 2 is 1.85 bits per heavy atom. The van der Waals surface area contributed by atoms with E-state index < -0.39 is 0 Å². The summed E-state index contributed by atoms with van der Waals surface area (Å²) in [6.07, 6.45) is 1.59. The first-order valence-corrected chi connectivity index (χ1v) is 5.01. The largest absolute Gasteiger partial charge is 0.456 e. The quantitative estimate of drug-likeness (QED) is 0.741. The molecule has 0 aliphatic rings. The summed E-state index contributed by atoms with van der Waals surface area (Å²) in [7, 11) is 0. The highest BCUT2D eigenvalue weighted by Crippen LogP contribution is 2.33. The lowest BCUT2D eigenvalue weighted by Gasteiger charge is -1.96. The molecule has 1 aromatic carbocycles. The summed E-state index contributed by atoms with van der Waals surface area (Å²) in [5, 5.41) is 1.40. The van der Waals surface area contributed by atoms with Gasteiger partial charge in [0.25, 0.3) is 0 Å². The van der Waals surface area contributed by atoms with Crippen molar-refractivity contribution in [3.05, 3.63) is 47.7 Å². The summed E-state index contributed by atoms with van der Waals surface area (Å²) in [4.78, 5) is 1.12. The number of hydrogen-bond acceptors (Lipinski definition) is 2. The van der Waals surface area contributed by atoms with Crippen LogP contribution >= 0.6 is 23.4 Å². The van der Waals surface area contributed by atoms with E-state index >= 15 is 0 Å². The molecule has 0 aliphatic carbocycles. The Kier molecular flexibility index (Phi) is 2.62. The fourth-order valence-electron chi connectivity index (χ4n) is 0.948. The highest BCUT2D eigenvalue weighted by atomic mass is 35.5. The Labute approximate surface area is 85.7 Å². The minimum Gasteiger partial charge on any atom is -0.456 e. The van der Waals surface area contributed by atoms with Crippen molar-refractivity contribution in [3.63, 3.8) is 0 Å². The van der Waals surface area contributed by atoms with Gasteiger partial charge in [0, 0.05) is 4.90 Å². The lowest BCUT2D eigenvalue weighted by molar-refractivity contribution is 0.475. The zero-order chi connectivity index (χ0) is 9.10. The van der Waals surface area contributed by atoms with Crippen molar-refractivity contribution >= 4 is 23.4 Å². The molecule has 3 heteroatoms. The molecule has 0 bridgehead atoms. The average Bonchev–Trinajstić information content (AvgIpc) is 2.54. The number of benzene rings is 1. The minimum absolute atomic E-state index is 0.661. The molecule has 0 aliphatic heterocycles. The van der Waals surface area contributed by atoms with Crippen LogP contribution in [-0.4, -0.2) is 0 Å². The van der Waals surface area contributed by atoms with Crippen molar-refractivity contribution in [2.24, 2.45) is 0 Å². The predicted octanol–water partition coefficient (Wildman–Crippen LogP) is 4.08. The van der Waals surface area contributed by atoms with Crippen LogP contribution in [0.5, 0.6) is 0 Å². The normalized spacial score (nSPS) is 10.2. The van der Waals surface area contributed by atoms with Crippen LogP contribution in [0.3, 0.4) is 0 Å². The van der Waals surface area contributed by atoms with Gasteiger partial charge in [-0.1, -0.05) is 41.6 Å². The van der Waals surface area contributed by atoms with Crippen molar-refractivity contribution in [1.82, 2.24) is 0 Å². The maximum atomic E-state index is 5.88. The molecule has 2 aromatic rings. The van der Waals surface area contributed by atoms with Crippen molar-refractivity contribution in [2.45, 2.75) is 9.99 Å².